The number of nitrogens with zero attached hydrogens (tertiary/aromatic N) is 2. The molecule has 2 aliphatic heterocycles. The van der Waals surface area contributed by atoms with Gasteiger partial charge in [-0.1, -0.05) is 36.4 Å². The van der Waals surface area contributed by atoms with E-state index in [1.54, 1.807) is 7.11 Å². The second kappa shape index (κ2) is 10.3. The molecule has 2 saturated heterocycles. The quantitative estimate of drug-likeness (QED) is 0.725. The van der Waals surface area contributed by atoms with Crippen LogP contribution in [0.15, 0.2) is 54.6 Å². The zero-order valence-electron chi connectivity index (χ0n) is 17.6. The number of hydrogen-bond acceptors (Lipinski definition) is 4. The number of carbonyl (C=O) groups excluding carboxylic acids is 1. The third-order valence-electron chi connectivity index (χ3n) is 6.18. The highest BCUT2D eigenvalue weighted by molar-refractivity contribution is 5.94. The van der Waals surface area contributed by atoms with Crippen LogP contribution in [0.1, 0.15) is 28.8 Å². The van der Waals surface area contributed by atoms with E-state index in [9.17, 15) is 4.79 Å². The van der Waals surface area contributed by atoms with Crippen molar-refractivity contribution in [2.75, 3.05) is 46.4 Å². The van der Waals surface area contributed by atoms with E-state index in [-0.39, 0.29) is 23.9 Å². The topological polar surface area (TPSA) is 42.0 Å². The van der Waals surface area contributed by atoms with Gasteiger partial charge in [0.25, 0.3) is 5.91 Å². The summed E-state index contributed by atoms with van der Waals surface area (Å²) in [5.41, 5.74) is 1.87. The van der Waals surface area contributed by atoms with Gasteiger partial charge in [0, 0.05) is 31.7 Å². The summed E-state index contributed by atoms with van der Waals surface area (Å²) >= 11 is 0. The molecule has 30 heavy (non-hydrogen) atoms. The van der Waals surface area contributed by atoms with Gasteiger partial charge in [0.2, 0.25) is 0 Å². The number of hydrogen-bond donors (Lipinski definition) is 0. The first-order chi connectivity index (χ1) is 14.2. The van der Waals surface area contributed by atoms with Gasteiger partial charge in [-0.3, -0.25) is 4.79 Å². The highest BCUT2D eigenvalue weighted by Gasteiger charge is 2.41. The van der Waals surface area contributed by atoms with Crippen LogP contribution in [0.4, 0.5) is 0 Å². The Bertz CT molecular complexity index is 822. The van der Waals surface area contributed by atoms with Crippen LogP contribution in [0.2, 0.25) is 0 Å². The Morgan fingerprint density at radius 2 is 1.83 bits per heavy atom. The van der Waals surface area contributed by atoms with Gasteiger partial charge in [0.1, 0.15) is 5.75 Å². The first-order valence-electron chi connectivity index (χ1n) is 10.5. The van der Waals surface area contributed by atoms with Crippen molar-refractivity contribution in [3.63, 3.8) is 0 Å². The largest absolute Gasteiger partial charge is 0.497 e. The fourth-order valence-corrected chi connectivity index (χ4v) is 4.38. The number of likely N-dealkylation sites (tertiary alicyclic amines) is 1. The summed E-state index contributed by atoms with van der Waals surface area (Å²) in [5.74, 6) is 0.781. The first kappa shape index (κ1) is 22.6. The minimum atomic E-state index is -0.198. The summed E-state index contributed by atoms with van der Waals surface area (Å²) in [7, 11) is 1.62. The van der Waals surface area contributed by atoms with Crippen LogP contribution in [0.25, 0.3) is 0 Å². The molecule has 2 aliphatic rings. The van der Waals surface area contributed by atoms with E-state index >= 15 is 0 Å². The SMILES string of the molecule is COc1cccc(C(=O)N2CCOC3(CCN(CCc4ccccc4)CC3)C2)c1.Cl. The minimum absolute atomic E-state index is 0. The van der Waals surface area contributed by atoms with Crippen molar-refractivity contribution in [1.82, 2.24) is 9.80 Å². The van der Waals surface area contributed by atoms with Crippen molar-refractivity contribution in [2.24, 2.45) is 0 Å². The maximum Gasteiger partial charge on any atom is 0.254 e. The molecule has 1 spiro atoms. The molecular weight excluding hydrogens is 400 g/mol. The van der Waals surface area contributed by atoms with Gasteiger partial charge in [0.15, 0.2) is 0 Å². The molecule has 0 saturated carbocycles. The van der Waals surface area contributed by atoms with Crippen molar-refractivity contribution in [3.8, 4) is 5.75 Å². The first-order valence-corrected chi connectivity index (χ1v) is 10.5. The van der Waals surface area contributed by atoms with E-state index in [1.807, 2.05) is 29.2 Å². The lowest BCUT2D eigenvalue weighted by Gasteiger charge is -2.47. The lowest BCUT2D eigenvalue weighted by molar-refractivity contribution is -0.127. The highest BCUT2D eigenvalue weighted by atomic mass is 35.5. The number of piperidine rings is 1. The molecule has 2 aromatic rings. The van der Waals surface area contributed by atoms with Gasteiger partial charge in [-0.05, 0) is 43.0 Å². The third kappa shape index (κ3) is 5.34. The monoisotopic (exact) mass is 430 g/mol. The fraction of sp³-hybridized carbons (Fsp3) is 0.458. The summed E-state index contributed by atoms with van der Waals surface area (Å²) in [6.45, 7) is 5.05. The van der Waals surface area contributed by atoms with Crippen LogP contribution in [-0.2, 0) is 11.2 Å². The fourth-order valence-electron chi connectivity index (χ4n) is 4.38. The lowest BCUT2D eigenvalue weighted by Crippen LogP contribution is -2.58. The maximum atomic E-state index is 13.0. The Hall–Kier alpha value is -2.08. The van der Waals surface area contributed by atoms with Gasteiger partial charge < -0.3 is 19.3 Å². The average molecular weight is 431 g/mol. The number of methoxy groups -OCH3 is 1. The molecule has 0 atom stereocenters. The van der Waals surface area contributed by atoms with Crippen molar-refractivity contribution in [2.45, 2.75) is 24.9 Å². The smallest absolute Gasteiger partial charge is 0.254 e. The van der Waals surface area contributed by atoms with Gasteiger partial charge in [-0.25, -0.2) is 0 Å². The Labute approximate surface area is 185 Å². The minimum Gasteiger partial charge on any atom is -0.497 e. The Balaban J connectivity index is 0.00000256. The molecule has 0 aromatic heterocycles. The van der Waals surface area contributed by atoms with Crippen molar-refractivity contribution in [3.05, 3.63) is 65.7 Å². The molecule has 2 aromatic carbocycles. The predicted molar refractivity (Wildman–Crippen MR) is 121 cm³/mol. The molecule has 4 rings (SSSR count). The molecule has 2 heterocycles. The van der Waals surface area contributed by atoms with E-state index in [4.69, 9.17) is 9.47 Å². The predicted octanol–water partition coefficient (Wildman–Crippen LogP) is 3.67. The van der Waals surface area contributed by atoms with Crippen LogP contribution < -0.4 is 4.74 Å². The molecule has 0 aliphatic carbocycles. The van der Waals surface area contributed by atoms with Gasteiger partial charge in [0.05, 0.1) is 25.9 Å². The van der Waals surface area contributed by atoms with Crippen LogP contribution in [0.3, 0.4) is 0 Å². The van der Waals surface area contributed by atoms with E-state index in [0.29, 0.717) is 31.0 Å². The van der Waals surface area contributed by atoms with E-state index in [1.165, 1.54) is 5.56 Å². The van der Waals surface area contributed by atoms with E-state index in [0.717, 1.165) is 38.9 Å². The van der Waals surface area contributed by atoms with Crippen LogP contribution in [-0.4, -0.2) is 67.7 Å². The second-order valence-electron chi connectivity index (χ2n) is 8.07. The zero-order valence-corrected chi connectivity index (χ0v) is 18.4. The average Bonchev–Trinajstić information content (AvgIpc) is 2.79. The Morgan fingerprint density at radius 3 is 2.57 bits per heavy atom. The van der Waals surface area contributed by atoms with Crippen molar-refractivity contribution < 1.29 is 14.3 Å². The molecule has 0 unspecified atom stereocenters. The lowest BCUT2D eigenvalue weighted by atomic mass is 9.89. The molecule has 0 bridgehead atoms. The van der Waals surface area contributed by atoms with Crippen molar-refractivity contribution in [1.29, 1.82) is 0 Å². The molecular formula is C24H31ClN2O3. The molecule has 6 heteroatoms. The number of carbonyl (C=O) groups is 1. The molecule has 162 valence electrons. The number of morpholine rings is 1. The summed E-state index contributed by atoms with van der Waals surface area (Å²) in [6, 6.07) is 18.1. The summed E-state index contributed by atoms with van der Waals surface area (Å²) in [6.07, 6.45) is 3.03. The van der Waals surface area contributed by atoms with Crippen molar-refractivity contribution >= 4 is 18.3 Å². The van der Waals surface area contributed by atoms with Crippen LogP contribution in [0, 0.1) is 0 Å². The zero-order chi connectivity index (χ0) is 20.1. The third-order valence-corrected chi connectivity index (χ3v) is 6.18. The molecule has 5 nitrogen and oxygen atoms in total. The number of halogens is 1. The summed E-state index contributed by atoms with van der Waals surface area (Å²) in [4.78, 5) is 17.5. The highest BCUT2D eigenvalue weighted by Crippen LogP contribution is 2.31. The molecule has 1 amide bonds. The Kier molecular flexibility index (Phi) is 7.75. The number of ether oxygens (including phenoxy) is 2. The van der Waals surface area contributed by atoms with Crippen LogP contribution in [0.5, 0.6) is 5.75 Å². The maximum absolute atomic E-state index is 13.0. The Morgan fingerprint density at radius 1 is 1.07 bits per heavy atom. The number of rotatable bonds is 5. The summed E-state index contributed by atoms with van der Waals surface area (Å²) < 4.78 is 11.5. The van der Waals surface area contributed by atoms with Crippen LogP contribution >= 0.6 is 12.4 Å². The van der Waals surface area contributed by atoms with Gasteiger partial charge >= 0.3 is 0 Å². The normalized spacial score (nSPS) is 18.6. The van der Waals surface area contributed by atoms with E-state index in [2.05, 4.69) is 35.2 Å². The summed E-state index contributed by atoms with van der Waals surface area (Å²) in [5, 5.41) is 0. The standard InChI is InChI=1S/C24H30N2O3.ClH/c1-28-22-9-5-8-21(18-22)23(27)26-16-17-29-24(19-26)11-14-25(15-12-24)13-10-20-6-3-2-4-7-20;/h2-9,18H,10-17,19H2,1H3;1H. The number of amides is 1. The molecule has 0 radical (unpaired) electrons. The number of benzene rings is 2. The van der Waals surface area contributed by atoms with Gasteiger partial charge in [-0.15, -0.1) is 12.4 Å². The second-order valence-corrected chi connectivity index (χ2v) is 8.07. The molecule has 2 fully saturated rings. The van der Waals surface area contributed by atoms with Gasteiger partial charge in [-0.2, -0.15) is 0 Å². The van der Waals surface area contributed by atoms with E-state index < -0.39 is 0 Å². The molecule has 0 N–H and O–H groups in total.